The van der Waals surface area contributed by atoms with Crippen molar-refractivity contribution in [1.29, 1.82) is 0 Å². The van der Waals surface area contributed by atoms with Gasteiger partial charge in [-0.1, -0.05) is 24.2 Å². The van der Waals surface area contributed by atoms with Crippen LogP contribution in [-0.2, 0) is 4.79 Å². The maximum atomic E-state index is 13.5. The molecule has 1 unspecified atom stereocenters. The van der Waals surface area contributed by atoms with E-state index < -0.39 is 17.8 Å². The zero-order valence-electron chi connectivity index (χ0n) is 11.1. The number of aromatic nitrogens is 2. The highest BCUT2D eigenvalue weighted by molar-refractivity contribution is 5.93. The van der Waals surface area contributed by atoms with Gasteiger partial charge < -0.3 is 10.1 Å². The number of halogens is 1. The third kappa shape index (κ3) is 3.11. The van der Waals surface area contributed by atoms with Gasteiger partial charge in [-0.05, 0) is 30.6 Å². The van der Waals surface area contributed by atoms with E-state index in [1.165, 1.54) is 12.1 Å². The fourth-order valence-corrected chi connectivity index (χ4v) is 1.56. The molecule has 2 rings (SSSR count). The second kappa shape index (κ2) is 6.14. The molecule has 6 nitrogen and oxygen atoms in total. The van der Waals surface area contributed by atoms with E-state index in [9.17, 15) is 9.18 Å². The Morgan fingerprint density at radius 3 is 2.80 bits per heavy atom. The number of amides is 1. The number of carbonyl (C=O) groups is 1. The van der Waals surface area contributed by atoms with E-state index in [1.807, 2.05) is 0 Å². The highest BCUT2D eigenvalue weighted by Gasteiger charge is 2.21. The smallest absolute Gasteiger partial charge is 0.266 e. The van der Waals surface area contributed by atoms with Gasteiger partial charge >= 0.3 is 0 Å². The van der Waals surface area contributed by atoms with Crippen molar-refractivity contribution in [2.75, 3.05) is 5.32 Å². The average Bonchev–Trinajstić information content (AvgIpc) is 2.83. The van der Waals surface area contributed by atoms with E-state index in [0.29, 0.717) is 12.1 Å². The van der Waals surface area contributed by atoms with Crippen molar-refractivity contribution in [3.63, 3.8) is 0 Å². The highest BCUT2D eigenvalue weighted by Crippen LogP contribution is 2.19. The van der Waals surface area contributed by atoms with E-state index in [2.05, 4.69) is 20.3 Å². The van der Waals surface area contributed by atoms with Gasteiger partial charge in [0.2, 0.25) is 0 Å². The topological polar surface area (TPSA) is 77.2 Å². The molecule has 0 saturated carbocycles. The minimum Gasteiger partial charge on any atom is -0.478 e. The van der Waals surface area contributed by atoms with Crippen molar-refractivity contribution in [3.8, 4) is 5.75 Å². The van der Waals surface area contributed by atoms with Crippen molar-refractivity contribution in [1.82, 2.24) is 10.3 Å². The van der Waals surface area contributed by atoms with Gasteiger partial charge in [-0.3, -0.25) is 4.79 Å². The lowest BCUT2D eigenvalue weighted by atomic mass is 10.2. The lowest BCUT2D eigenvalue weighted by molar-refractivity contribution is -0.122. The molecular formula is C13H14FN3O3. The standard InChI is InChI=1S/C13H14FN3O3/c1-3-10(19-11-7-5-4-6-9(11)14)13(18)15-12-8(2)16-20-17-12/h4-7,10H,3H2,1-2H3,(H,15,17,18). The minimum absolute atomic E-state index is 0.0319. The second-order valence-corrected chi connectivity index (χ2v) is 4.13. The summed E-state index contributed by atoms with van der Waals surface area (Å²) in [6.07, 6.45) is -0.451. The normalized spacial score (nSPS) is 11.9. The molecule has 1 aromatic carbocycles. The molecule has 1 atom stereocenters. The maximum Gasteiger partial charge on any atom is 0.266 e. The van der Waals surface area contributed by atoms with Gasteiger partial charge in [-0.15, -0.1) is 0 Å². The van der Waals surface area contributed by atoms with E-state index in [-0.39, 0.29) is 11.6 Å². The first kappa shape index (κ1) is 14.0. The Morgan fingerprint density at radius 1 is 1.45 bits per heavy atom. The fourth-order valence-electron chi connectivity index (χ4n) is 1.56. The molecule has 0 bridgehead atoms. The predicted octanol–water partition coefficient (Wildman–Crippen LogP) is 2.31. The zero-order valence-corrected chi connectivity index (χ0v) is 11.1. The van der Waals surface area contributed by atoms with Gasteiger partial charge in [0, 0.05) is 0 Å². The van der Waals surface area contributed by atoms with Crippen LogP contribution in [0.1, 0.15) is 19.0 Å². The molecule has 0 aliphatic rings. The molecule has 1 amide bonds. The summed E-state index contributed by atoms with van der Waals surface area (Å²) in [7, 11) is 0. The van der Waals surface area contributed by atoms with E-state index in [4.69, 9.17) is 4.74 Å². The first-order valence-corrected chi connectivity index (χ1v) is 6.13. The van der Waals surface area contributed by atoms with Crippen LogP contribution in [0.4, 0.5) is 10.2 Å². The van der Waals surface area contributed by atoms with Crippen LogP contribution in [0.2, 0.25) is 0 Å². The monoisotopic (exact) mass is 279 g/mol. The van der Waals surface area contributed by atoms with Crippen LogP contribution in [-0.4, -0.2) is 22.3 Å². The number of hydrogen-bond acceptors (Lipinski definition) is 5. The molecular weight excluding hydrogens is 265 g/mol. The Labute approximate surface area is 114 Å². The van der Waals surface area contributed by atoms with Crippen LogP contribution < -0.4 is 10.1 Å². The van der Waals surface area contributed by atoms with Crippen LogP contribution in [0, 0.1) is 12.7 Å². The van der Waals surface area contributed by atoms with Gasteiger partial charge in [-0.2, -0.15) is 0 Å². The van der Waals surface area contributed by atoms with Crippen molar-refractivity contribution in [2.45, 2.75) is 26.4 Å². The fraction of sp³-hybridized carbons (Fsp3) is 0.308. The molecule has 0 saturated heterocycles. The van der Waals surface area contributed by atoms with Crippen LogP contribution in [0.15, 0.2) is 28.9 Å². The van der Waals surface area contributed by atoms with Crippen molar-refractivity contribution < 1.29 is 18.6 Å². The summed E-state index contributed by atoms with van der Waals surface area (Å²) in [6.45, 7) is 3.41. The summed E-state index contributed by atoms with van der Waals surface area (Å²) in [6, 6.07) is 5.92. The van der Waals surface area contributed by atoms with Gasteiger partial charge in [0.15, 0.2) is 23.5 Å². The highest BCUT2D eigenvalue weighted by atomic mass is 19.1. The summed E-state index contributed by atoms with van der Waals surface area (Å²) in [5.74, 6) is -0.692. The molecule has 1 heterocycles. The number of hydrogen-bond donors (Lipinski definition) is 1. The molecule has 1 N–H and O–H groups in total. The summed E-state index contributed by atoms with van der Waals surface area (Å²) in [5.41, 5.74) is 0.457. The molecule has 0 fully saturated rings. The van der Waals surface area contributed by atoms with Crippen LogP contribution >= 0.6 is 0 Å². The number of nitrogens with one attached hydrogen (secondary N) is 1. The first-order valence-electron chi connectivity index (χ1n) is 6.13. The van der Waals surface area contributed by atoms with E-state index in [1.54, 1.807) is 26.0 Å². The molecule has 0 spiro atoms. The van der Waals surface area contributed by atoms with Gasteiger partial charge in [-0.25, -0.2) is 9.02 Å². The SMILES string of the molecule is CCC(Oc1ccccc1F)C(=O)Nc1nonc1C. The Bertz CT molecular complexity index is 600. The number of anilines is 1. The van der Waals surface area contributed by atoms with Gasteiger partial charge in [0.05, 0.1) is 0 Å². The first-order chi connectivity index (χ1) is 9.61. The van der Waals surface area contributed by atoms with Crippen molar-refractivity contribution in [2.24, 2.45) is 0 Å². The maximum absolute atomic E-state index is 13.5. The number of carbonyl (C=O) groups excluding carboxylic acids is 1. The summed E-state index contributed by atoms with van der Waals surface area (Å²) in [5, 5.41) is 9.63. The molecule has 7 heteroatoms. The third-order valence-electron chi connectivity index (χ3n) is 2.66. The molecule has 106 valence electrons. The van der Waals surface area contributed by atoms with E-state index >= 15 is 0 Å². The second-order valence-electron chi connectivity index (χ2n) is 4.13. The molecule has 0 aliphatic carbocycles. The zero-order chi connectivity index (χ0) is 14.5. The number of para-hydroxylation sites is 1. The predicted molar refractivity (Wildman–Crippen MR) is 68.8 cm³/mol. The number of nitrogens with zero attached hydrogens (tertiary/aromatic N) is 2. The third-order valence-corrected chi connectivity index (χ3v) is 2.66. The molecule has 2 aromatic rings. The average molecular weight is 279 g/mol. The molecule has 0 aliphatic heterocycles. The Hall–Kier alpha value is -2.44. The van der Waals surface area contributed by atoms with Gasteiger partial charge in [0.1, 0.15) is 5.69 Å². The number of benzene rings is 1. The van der Waals surface area contributed by atoms with Crippen LogP contribution in [0.25, 0.3) is 0 Å². The van der Waals surface area contributed by atoms with E-state index in [0.717, 1.165) is 0 Å². The van der Waals surface area contributed by atoms with Crippen LogP contribution in [0.5, 0.6) is 5.75 Å². The van der Waals surface area contributed by atoms with Crippen molar-refractivity contribution in [3.05, 3.63) is 35.8 Å². The molecule has 20 heavy (non-hydrogen) atoms. The Morgan fingerprint density at radius 2 is 2.20 bits per heavy atom. The van der Waals surface area contributed by atoms with Gasteiger partial charge in [0.25, 0.3) is 5.91 Å². The summed E-state index contributed by atoms with van der Waals surface area (Å²) < 4.78 is 23.4. The molecule has 1 aromatic heterocycles. The number of rotatable bonds is 5. The lowest BCUT2D eigenvalue weighted by Gasteiger charge is -2.16. The lowest BCUT2D eigenvalue weighted by Crippen LogP contribution is -2.33. The number of aryl methyl sites for hydroxylation is 1. The summed E-state index contributed by atoms with van der Waals surface area (Å²) in [4.78, 5) is 12.0. The minimum atomic E-state index is -0.831. The summed E-state index contributed by atoms with van der Waals surface area (Å²) >= 11 is 0. The number of ether oxygens (including phenoxy) is 1. The molecule has 0 radical (unpaired) electrons. The van der Waals surface area contributed by atoms with Crippen molar-refractivity contribution >= 4 is 11.7 Å². The quantitative estimate of drug-likeness (QED) is 0.908. The Balaban J connectivity index is 2.07. The van der Waals surface area contributed by atoms with Crippen LogP contribution in [0.3, 0.4) is 0 Å². The largest absolute Gasteiger partial charge is 0.478 e. The Kier molecular flexibility index (Phi) is 4.29.